The Balaban J connectivity index is 1.40. The van der Waals surface area contributed by atoms with Crippen LogP contribution in [0.25, 0.3) is 49.7 Å². The van der Waals surface area contributed by atoms with Gasteiger partial charge in [-0.25, -0.2) is 0 Å². The molecule has 8 rings (SSSR count). The molecule has 0 fully saturated rings. The molecule has 1 aromatic heterocycles. The standard InChI is InChI=1S/C42H35F2N3/c1-26-13-15-31(16-14-26)32-17-19-33(20-18-32)35-23-36(39-12-8-10-34-9-6-7-11-38(34)39)25-37(24-35)40-41-27(2)21-29(4)45(41)47(43,44)46-30(5)22-28(3)42(40)46/h6-25H,1-5H3/q+2. The molecule has 3 nitrogen and oxygen atoms in total. The van der Waals surface area contributed by atoms with Crippen LogP contribution in [-0.4, -0.2) is 15.1 Å². The van der Waals surface area contributed by atoms with Crippen LogP contribution in [0.2, 0.25) is 0 Å². The number of allylic oxidation sites excluding steroid dienone is 2. The molecule has 0 N–H and O–H groups in total. The van der Waals surface area contributed by atoms with Crippen LogP contribution < -0.4 is 5.15 Å². The fourth-order valence-electron chi connectivity index (χ4n) is 7.45. The highest BCUT2D eigenvalue weighted by atomic mass is 19.4. The van der Waals surface area contributed by atoms with E-state index in [1.807, 2.05) is 26.0 Å². The van der Waals surface area contributed by atoms with Crippen LogP contribution in [0.15, 0.2) is 133 Å². The molecule has 0 saturated heterocycles. The van der Waals surface area contributed by atoms with Gasteiger partial charge in [0, 0.05) is 18.6 Å². The molecule has 2 aliphatic rings. The molecule has 5 aromatic carbocycles. The SMILES string of the molecule is CC1=CC(C)=[N+]2C1=C(c1cc(-c3ccc(-c4ccc(C)cc4)cc3)cc(-c3cccc4ccccc34)c1)c1c(C)cc(C)n1[N+]2(F)F. The molecule has 3 heterocycles. The van der Waals surface area contributed by atoms with Gasteiger partial charge in [-0.3, -0.25) is 0 Å². The molecule has 2 aliphatic heterocycles. The maximum Gasteiger partial charge on any atom is 0.382 e. The fraction of sp³-hybridized carbons (Fsp3) is 0.119. The molecule has 0 radical (unpaired) electrons. The summed E-state index contributed by atoms with van der Waals surface area (Å²) in [4.78, 5) is 0. The summed E-state index contributed by atoms with van der Waals surface area (Å²) in [5, 5.41) is -0.0954. The van der Waals surface area contributed by atoms with Crippen molar-refractivity contribution in [2.45, 2.75) is 34.6 Å². The fourth-order valence-corrected chi connectivity index (χ4v) is 7.45. The van der Waals surface area contributed by atoms with Crippen LogP contribution in [-0.2, 0) is 0 Å². The topological polar surface area (TPSA) is 7.94 Å². The van der Waals surface area contributed by atoms with Gasteiger partial charge >= 0.3 is 5.15 Å². The molecular formula is C42H35F2N3+2. The Bertz CT molecular complexity index is 2350. The van der Waals surface area contributed by atoms with E-state index in [0.717, 1.165) is 70.2 Å². The van der Waals surface area contributed by atoms with Crippen molar-refractivity contribution < 1.29 is 13.6 Å². The van der Waals surface area contributed by atoms with Crippen LogP contribution in [0.5, 0.6) is 0 Å². The molecule has 0 atom stereocenters. The lowest BCUT2D eigenvalue weighted by Gasteiger charge is -2.23. The molecule has 0 bridgehead atoms. The number of nitrogens with zero attached hydrogens (tertiary/aromatic N) is 3. The lowest BCUT2D eigenvalue weighted by atomic mass is 9.88. The number of halogens is 2. The van der Waals surface area contributed by atoms with Crippen LogP contribution >= 0.6 is 0 Å². The number of hydrogen-bond donors (Lipinski definition) is 0. The van der Waals surface area contributed by atoms with E-state index in [9.17, 15) is 0 Å². The number of fused-ring (bicyclic) bond motifs is 3. The van der Waals surface area contributed by atoms with Gasteiger partial charge in [0.05, 0.1) is 16.0 Å². The van der Waals surface area contributed by atoms with Crippen molar-refractivity contribution in [3.05, 3.63) is 161 Å². The quantitative estimate of drug-likeness (QED) is 0.137. The monoisotopic (exact) mass is 619 g/mol. The largest absolute Gasteiger partial charge is 0.382 e. The molecule has 230 valence electrons. The minimum Gasteiger partial charge on any atom is -0.0616 e. The predicted molar refractivity (Wildman–Crippen MR) is 189 cm³/mol. The van der Waals surface area contributed by atoms with Gasteiger partial charge in [-0.05, 0) is 107 Å². The highest BCUT2D eigenvalue weighted by molar-refractivity contribution is 6.00. The van der Waals surface area contributed by atoms with E-state index in [-0.39, 0.29) is 0 Å². The van der Waals surface area contributed by atoms with Crippen molar-refractivity contribution in [3.8, 4) is 33.4 Å². The number of benzene rings is 5. The Labute approximate surface area is 273 Å². The first-order valence-electron chi connectivity index (χ1n) is 16.0. The van der Waals surface area contributed by atoms with Gasteiger partial charge in [-0.15, -0.1) is 0 Å². The molecule has 0 amide bonds. The molecule has 0 saturated carbocycles. The van der Waals surface area contributed by atoms with Crippen molar-refractivity contribution in [1.29, 1.82) is 0 Å². The van der Waals surface area contributed by atoms with Gasteiger partial charge < -0.3 is 0 Å². The van der Waals surface area contributed by atoms with E-state index in [1.165, 1.54) is 11.1 Å². The maximum absolute atomic E-state index is 16.3. The van der Waals surface area contributed by atoms with Crippen molar-refractivity contribution in [3.63, 3.8) is 0 Å². The van der Waals surface area contributed by atoms with Gasteiger partial charge in [-0.1, -0.05) is 101 Å². The van der Waals surface area contributed by atoms with Crippen molar-refractivity contribution in [2.24, 2.45) is 0 Å². The van der Waals surface area contributed by atoms with Crippen molar-refractivity contribution in [1.82, 2.24) is 9.82 Å². The van der Waals surface area contributed by atoms with E-state index < -0.39 is 5.15 Å². The van der Waals surface area contributed by atoms with E-state index in [1.54, 1.807) is 13.8 Å². The zero-order valence-corrected chi connectivity index (χ0v) is 27.1. The average molecular weight is 620 g/mol. The maximum atomic E-state index is 16.3. The third-order valence-electron chi connectivity index (χ3n) is 9.57. The lowest BCUT2D eigenvalue weighted by molar-refractivity contribution is -0.772. The van der Waals surface area contributed by atoms with E-state index in [0.29, 0.717) is 22.8 Å². The van der Waals surface area contributed by atoms with Crippen LogP contribution in [0.3, 0.4) is 0 Å². The predicted octanol–water partition coefficient (Wildman–Crippen LogP) is 10.9. The second-order valence-electron chi connectivity index (χ2n) is 12.9. The van der Waals surface area contributed by atoms with E-state index in [4.69, 9.17) is 0 Å². The zero-order valence-electron chi connectivity index (χ0n) is 27.1. The first kappa shape index (κ1) is 29.0. The number of quaternary nitrogens is 1. The highest BCUT2D eigenvalue weighted by Crippen LogP contribution is 2.45. The van der Waals surface area contributed by atoms with Crippen molar-refractivity contribution >= 4 is 22.1 Å². The Hall–Kier alpha value is -5.39. The summed E-state index contributed by atoms with van der Waals surface area (Å²) in [6.45, 7) is 9.46. The molecule has 5 heteroatoms. The summed E-state index contributed by atoms with van der Waals surface area (Å²) in [7, 11) is 0. The Morgan fingerprint density at radius 2 is 1.19 bits per heavy atom. The van der Waals surface area contributed by atoms with Crippen LogP contribution in [0, 0.1) is 20.8 Å². The number of rotatable bonds is 4. The third-order valence-corrected chi connectivity index (χ3v) is 9.57. The molecule has 6 aromatic rings. The minimum absolute atomic E-state index is 0.508. The Kier molecular flexibility index (Phi) is 6.54. The lowest BCUT2D eigenvalue weighted by Crippen LogP contribution is -2.55. The first-order valence-corrected chi connectivity index (χ1v) is 16.0. The summed E-state index contributed by atoms with van der Waals surface area (Å²) < 4.78 is 35.0. The number of aryl methyl sites for hydroxylation is 3. The third kappa shape index (κ3) is 4.53. The van der Waals surface area contributed by atoms with Gasteiger partial charge in [0.2, 0.25) is 0 Å². The van der Waals surface area contributed by atoms with Gasteiger partial charge in [-0.2, -0.15) is 0 Å². The summed E-state index contributed by atoms with van der Waals surface area (Å²) in [6, 6.07) is 40.4. The molecule has 47 heavy (non-hydrogen) atoms. The van der Waals surface area contributed by atoms with Crippen LogP contribution in [0.4, 0.5) is 8.96 Å². The number of aromatic nitrogens is 1. The zero-order chi connectivity index (χ0) is 32.6. The minimum atomic E-state index is -2.40. The summed E-state index contributed by atoms with van der Waals surface area (Å²) in [6.07, 6.45) is 1.86. The molecule has 0 aliphatic carbocycles. The smallest absolute Gasteiger partial charge is 0.0616 e. The molecular weight excluding hydrogens is 584 g/mol. The van der Waals surface area contributed by atoms with Gasteiger partial charge in [0.15, 0.2) is 0 Å². The Morgan fingerprint density at radius 3 is 1.91 bits per heavy atom. The first-order chi connectivity index (χ1) is 22.6. The molecule has 0 spiro atoms. The number of hydrogen-bond acceptors (Lipinski definition) is 0. The average Bonchev–Trinajstić information content (AvgIpc) is 3.55. The van der Waals surface area contributed by atoms with Gasteiger partial charge in [0.25, 0.3) is 11.4 Å². The van der Waals surface area contributed by atoms with Crippen molar-refractivity contribution in [2.75, 3.05) is 0 Å². The van der Waals surface area contributed by atoms with E-state index in [2.05, 4.69) is 116 Å². The summed E-state index contributed by atoms with van der Waals surface area (Å²) in [5.41, 5.74) is 13.2. The summed E-state index contributed by atoms with van der Waals surface area (Å²) in [5.74, 6) is 0. The normalized spacial score (nSPS) is 15.3. The second kappa shape index (κ2) is 10.6. The highest BCUT2D eigenvalue weighted by Gasteiger charge is 2.60. The van der Waals surface area contributed by atoms with E-state index >= 15 is 8.96 Å². The second-order valence-corrected chi connectivity index (χ2v) is 12.9. The summed E-state index contributed by atoms with van der Waals surface area (Å²) >= 11 is 0. The molecule has 0 unspecified atom stereocenters. The van der Waals surface area contributed by atoms with Crippen LogP contribution in [0.1, 0.15) is 41.9 Å². The Morgan fingerprint density at radius 1 is 0.596 bits per heavy atom. The van der Waals surface area contributed by atoms with Gasteiger partial charge in [0.1, 0.15) is 14.7 Å².